The lowest BCUT2D eigenvalue weighted by Gasteiger charge is -2.40. The Morgan fingerprint density at radius 2 is 2.14 bits per heavy atom. The fraction of sp³-hybridized carbons (Fsp3) is 0.667. The lowest BCUT2D eigenvalue weighted by atomic mass is 9.89. The number of benzene rings is 1. The summed E-state index contributed by atoms with van der Waals surface area (Å²) in [5.74, 6) is 0. The molecule has 1 aromatic rings. The van der Waals surface area contributed by atoms with Gasteiger partial charge in [-0.25, -0.2) is 0 Å². The molecule has 1 aromatic carbocycles. The Morgan fingerprint density at radius 1 is 1.33 bits per heavy atom. The van der Waals surface area contributed by atoms with Crippen LogP contribution >= 0.6 is 0 Å². The van der Waals surface area contributed by atoms with E-state index < -0.39 is 0 Å². The zero-order chi connectivity index (χ0) is 14.9. The van der Waals surface area contributed by atoms with Gasteiger partial charge in [0.25, 0.3) is 0 Å². The monoisotopic (exact) mass is 288 g/mol. The largest absolute Gasteiger partial charge is 0.373 e. The summed E-state index contributed by atoms with van der Waals surface area (Å²) in [6, 6.07) is 9.41. The Morgan fingerprint density at radius 3 is 2.90 bits per heavy atom. The summed E-state index contributed by atoms with van der Waals surface area (Å²) in [6.45, 7) is 6.44. The van der Waals surface area contributed by atoms with Crippen molar-refractivity contribution in [2.45, 2.75) is 44.4 Å². The van der Waals surface area contributed by atoms with E-state index >= 15 is 0 Å². The van der Waals surface area contributed by atoms with Crippen LogP contribution in [-0.4, -0.2) is 55.2 Å². The maximum absolute atomic E-state index is 6.24. The molecule has 2 atom stereocenters. The molecule has 2 aliphatic heterocycles. The fourth-order valence-electron chi connectivity index (χ4n) is 3.82. The first kappa shape index (κ1) is 15.0. The molecule has 3 heteroatoms. The summed E-state index contributed by atoms with van der Waals surface area (Å²) in [4.78, 5) is 4.94. The minimum absolute atomic E-state index is 0.107. The molecule has 0 bridgehead atoms. The Hall–Kier alpha value is -0.900. The molecule has 2 fully saturated rings. The zero-order valence-electron chi connectivity index (χ0n) is 13.6. The number of hydrogen-bond donors (Lipinski definition) is 0. The van der Waals surface area contributed by atoms with Crippen LogP contribution in [0.15, 0.2) is 24.3 Å². The van der Waals surface area contributed by atoms with Gasteiger partial charge in [0.1, 0.15) is 0 Å². The first-order chi connectivity index (χ1) is 10.1. The highest BCUT2D eigenvalue weighted by atomic mass is 16.5. The molecule has 0 unspecified atom stereocenters. The van der Waals surface area contributed by atoms with Crippen molar-refractivity contribution in [3.63, 3.8) is 0 Å². The van der Waals surface area contributed by atoms with Crippen LogP contribution in [0.3, 0.4) is 0 Å². The predicted molar refractivity (Wildman–Crippen MR) is 86.5 cm³/mol. The Balaban J connectivity index is 1.64. The van der Waals surface area contributed by atoms with Gasteiger partial charge in [-0.1, -0.05) is 24.3 Å². The van der Waals surface area contributed by atoms with Crippen LogP contribution in [0.1, 0.15) is 30.4 Å². The van der Waals surface area contributed by atoms with E-state index in [1.165, 1.54) is 30.4 Å². The fourth-order valence-corrected chi connectivity index (χ4v) is 3.82. The van der Waals surface area contributed by atoms with Crippen LogP contribution in [0.5, 0.6) is 0 Å². The second-order valence-corrected chi connectivity index (χ2v) is 7.03. The number of aryl methyl sites for hydroxylation is 1. The average Bonchev–Trinajstić information content (AvgIpc) is 2.84. The van der Waals surface area contributed by atoms with Crippen LogP contribution in [0.25, 0.3) is 0 Å². The molecule has 21 heavy (non-hydrogen) atoms. The van der Waals surface area contributed by atoms with Crippen molar-refractivity contribution < 1.29 is 4.74 Å². The normalized spacial score (nSPS) is 30.4. The molecule has 0 aliphatic carbocycles. The van der Waals surface area contributed by atoms with Gasteiger partial charge in [-0.3, -0.25) is 4.90 Å². The lowest BCUT2D eigenvalue weighted by molar-refractivity contribution is -0.0932. The molecule has 2 saturated heterocycles. The molecule has 0 radical (unpaired) electrons. The second kappa shape index (κ2) is 6.07. The summed E-state index contributed by atoms with van der Waals surface area (Å²) >= 11 is 0. The zero-order valence-corrected chi connectivity index (χ0v) is 13.6. The van der Waals surface area contributed by atoms with Gasteiger partial charge in [0, 0.05) is 32.3 Å². The molecule has 3 rings (SSSR count). The maximum Gasteiger partial charge on any atom is 0.0835 e. The quantitative estimate of drug-likeness (QED) is 0.850. The molecular formula is C18H28N2O. The van der Waals surface area contributed by atoms with E-state index in [0.717, 1.165) is 26.2 Å². The van der Waals surface area contributed by atoms with Gasteiger partial charge in [-0.2, -0.15) is 0 Å². The number of ether oxygens (including phenoxy) is 1. The topological polar surface area (TPSA) is 15.7 Å². The second-order valence-electron chi connectivity index (χ2n) is 7.03. The van der Waals surface area contributed by atoms with E-state index in [0.29, 0.717) is 6.04 Å². The van der Waals surface area contributed by atoms with Gasteiger partial charge in [0.2, 0.25) is 0 Å². The van der Waals surface area contributed by atoms with E-state index in [2.05, 4.69) is 55.1 Å². The molecule has 3 nitrogen and oxygen atoms in total. The van der Waals surface area contributed by atoms with E-state index in [1.54, 1.807) is 0 Å². The summed E-state index contributed by atoms with van der Waals surface area (Å²) in [7, 11) is 4.40. The number of nitrogens with zero attached hydrogens (tertiary/aromatic N) is 2. The average molecular weight is 288 g/mol. The Labute approximate surface area is 128 Å². The van der Waals surface area contributed by atoms with Crippen molar-refractivity contribution in [3.05, 3.63) is 35.4 Å². The lowest BCUT2D eigenvalue weighted by Crippen LogP contribution is -2.48. The summed E-state index contributed by atoms with van der Waals surface area (Å²) in [5.41, 5.74) is 2.96. The third kappa shape index (κ3) is 3.31. The van der Waals surface area contributed by atoms with E-state index in [4.69, 9.17) is 4.74 Å². The van der Waals surface area contributed by atoms with Gasteiger partial charge in [0.05, 0.1) is 5.60 Å². The number of rotatable bonds is 3. The van der Waals surface area contributed by atoms with Crippen molar-refractivity contribution in [1.82, 2.24) is 9.80 Å². The van der Waals surface area contributed by atoms with Gasteiger partial charge < -0.3 is 9.64 Å². The molecule has 0 aromatic heterocycles. The standard InChI is InChI=1S/C18H28N2O/c1-15-6-4-5-7-16(15)13-20-10-9-18(14-20)12-17(19(2)3)8-11-21-18/h4-7,17H,8-14H2,1-3H3/t17-,18-/m0/s1. The molecule has 0 amide bonds. The number of hydrogen-bond acceptors (Lipinski definition) is 3. The minimum atomic E-state index is 0.107. The molecule has 2 aliphatic rings. The predicted octanol–water partition coefficient (Wildman–Crippen LogP) is 2.68. The molecule has 2 heterocycles. The van der Waals surface area contributed by atoms with Crippen molar-refractivity contribution in [3.8, 4) is 0 Å². The van der Waals surface area contributed by atoms with Gasteiger partial charge >= 0.3 is 0 Å². The van der Waals surface area contributed by atoms with Gasteiger partial charge in [-0.05, 0) is 51.4 Å². The van der Waals surface area contributed by atoms with E-state index in [1.807, 2.05) is 0 Å². The SMILES string of the molecule is Cc1ccccc1CN1CC[C@]2(C[C@@H](N(C)C)CCO2)C1. The van der Waals surface area contributed by atoms with Crippen LogP contribution in [0.2, 0.25) is 0 Å². The van der Waals surface area contributed by atoms with Crippen molar-refractivity contribution in [1.29, 1.82) is 0 Å². The molecular weight excluding hydrogens is 260 g/mol. The minimum Gasteiger partial charge on any atom is -0.373 e. The highest BCUT2D eigenvalue weighted by Crippen LogP contribution is 2.36. The molecule has 0 saturated carbocycles. The van der Waals surface area contributed by atoms with Crippen LogP contribution in [-0.2, 0) is 11.3 Å². The van der Waals surface area contributed by atoms with Crippen molar-refractivity contribution >= 4 is 0 Å². The smallest absolute Gasteiger partial charge is 0.0835 e. The Bertz CT molecular complexity index is 488. The molecule has 1 spiro atoms. The maximum atomic E-state index is 6.24. The first-order valence-electron chi connectivity index (χ1n) is 8.15. The summed E-state index contributed by atoms with van der Waals surface area (Å²) in [6.07, 6.45) is 3.54. The van der Waals surface area contributed by atoms with E-state index in [-0.39, 0.29) is 5.60 Å². The molecule has 116 valence electrons. The highest BCUT2D eigenvalue weighted by Gasteiger charge is 2.43. The summed E-state index contributed by atoms with van der Waals surface area (Å²) in [5, 5.41) is 0. The molecule has 0 N–H and O–H groups in total. The summed E-state index contributed by atoms with van der Waals surface area (Å²) < 4.78 is 6.24. The third-order valence-corrected chi connectivity index (χ3v) is 5.25. The number of likely N-dealkylation sites (tertiary alicyclic amines) is 1. The Kier molecular flexibility index (Phi) is 4.34. The van der Waals surface area contributed by atoms with E-state index in [9.17, 15) is 0 Å². The van der Waals surface area contributed by atoms with Crippen molar-refractivity contribution in [2.75, 3.05) is 33.8 Å². The van der Waals surface area contributed by atoms with Crippen molar-refractivity contribution in [2.24, 2.45) is 0 Å². The van der Waals surface area contributed by atoms with Crippen LogP contribution < -0.4 is 0 Å². The van der Waals surface area contributed by atoms with Gasteiger partial charge in [0.15, 0.2) is 0 Å². The third-order valence-electron chi connectivity index (χ3n) is 5.25. The highest BCUT2D eigenvalue weighted by molar-refractivity contribution is 5.25. The first-order valence-corrected chi connectivity index (χ1v) is 8.15. The van der Waals surface area contributed by atoms with Crippen LogP contribution in [0.4, 0.5) is 0 Å². The van der Waals surface area contributed by atoms with Crippen LogP contribution in [0, 0.1) is 6.92 Å². The van der Waals surface area contributed by atoms with Gasteiger partial charge in [-0.15, -0.1) is 0 Å².